The number of hydrogen-bond donors (Lipinski definition) is 3. The number of morpholine rings is 1. The minimum atomic E-state index is -0.958. The van der Waals surface area contributed by atoms with Crippen molar-refractivity contribution in [1.82, 2.24) is 14.9 Å². The molecule has 1 aromatic heterocycles. The molecule has 1 amide bonds. The summed E-state index contributed by atoms with van der Waals surface area (Å²) >= 11 is 0. The minimum absolute atomic E-state index is 0.200. The lowest BCUT2D eigenvalue weighted by Crippen LogP contribution is -2.47. The number of nitrogen functional groups attached to an aromatic ring is 1. The molecular weight excluding hydrogens is 294 g/mol. The van der Waals surface area contributed by atoms with Gasteiger partial charge in [0.2, 0.25) is 17.7 Å². The van der Waals surface area contributed by atoms with Crippen LogP contribution in [0.25, 0.3) is 0 Å². The van der Waals surface area contributed by atoms with E-state index in [1.54, 1.807) is 0 Å². The molecular formula is C12H19N5O5. The van der Waals surface area contributed by atoms with E-state index in [0.717, 1.165) is 0 Å². The standard InChI is InChI=1S/C12H19N5O5/c1-20-9-8(13)10(21-2)16-11(15-9)14-5-7-6-17(12(18)19)3-4-22-7/h7H,3-6,13H2,1-2H3,(H,18,19)(H,14,15,16). The third-order valence-electron chi connectivity index (χ3n) is 3.16. The fourth-order valence-corrected chi connectivity index (χ4v) is 2.04. The summed E-state index contributed by atoms with van der Waals surface area (Å²) in [5.41, 5.74) is 5.97. The molecule has 1 aliphatic rings. The fraction of sp³-hybridized carbons (Fsp3) is 0.583. The van der Waals surface area contributed by atoms with Crippen molar-refractivity contribution in [3.63, 3.8) is 0 Å². The van der Waals surface area contributed by atoms with Gasteiger partial charge in [-0.2, -0.15) is 9.97 Å². The Morgan fingerprint density at radius 2 is 2.09 bits per heavy atom. The van der Waals surface area contributed by atoms with E-state index < -0.39 is 6.09 Å². The smallest absolute Gasteiger partial charge is 0.407 e. The summed E-state index contributed by atoms with van der Waals surface area (Å²) in [5, 5.41) is 12.0. The van der Waals surface area contributed by atoms with Crippen molar-refractivity contribution in [3.05, 3.63) is 0 Å². The molecule has 1 fully saturated rings. The Bertz CT molecular complexity index is 516. The van der Waals surface area contributed by atoms with Crippen molar-refractivity contribution in [2.75, 3.05) is 51.5 Å². The number of carboxylic acid groups (broad SMARTS) is 1. The Kier molecular flexibility index (Phi) is 5.04. The number of rotatable bonds is 5. The summed E-state index contributed by atoms with van der Waals surface area (Å²) in [6.45, 7) is 1.35. The number of nitrogens with zero attached hydrogens (tertiary/aromatic N) is 3. The van der Waals surface area contributed by atoms with Crippen molar-refractivity contribution in [3.8, 4) is 11.8 Å². The van der Waals surface area contributed by atoms with Crippen LogP contribution in [-0.2, 0) is 4.74 Å². The first-order valence-corrected chi connectivity index (χ1v) is 6.64. The number of ether oxygens (including phenoxy) is 3. The zero-order valence-corrected chi connectivity index (χ0v) is 12.4. The normalized spacial score (nSPS) is 17.9. The lowest BCUT2D eigenvalue weighted by Gasteiger charge is -2.31. The highest BCUT2D eigenvalue weighted by molar-refractivity contribution is 5.65. The van der Waals surface area contributed by atoms with Crippen LogP contribution in [0.1, 0.15) is 0 Å². The Morgan fingerprint density at radius 1 is 1.45 bits per heavy atom. The topological polar surface area (TPSA) is 132 Å². The van der Waals surface area contributed by atoms with Gasteiger partial charge in [0.05, 0.1) is 33.5 Å². The summed E-state index contributed by atoms with van der Waals surface area (Å²) in [6.07, 6.45) is -1.25. The summed E-state index contributed by atoms with van der Waals surface area (Å²) in [6, 6.07) is 0. The second kappa shape index (κ2) is 6.98. The van der Waals surface area contributed by atoms with Crippen molar-refractivity contribution >= 4 is 17.7 Å². The van der Waals surface area contributed by atoms with Crippen LogP contribution in [0, 0.1) is 0 Å². The molecule has 122 valence electrons. The van der Waals surface area contributed by atoms with Crippen LogP contribution in [-0.4, -0.2) is 72.6 Å². The average molecular weight is 313 g/mol. The highest BCUT2D eigenvalue weighted by Gasteiger charge is 2.24. The lowest BCUT2D eigenvalue weighted by atomic mass is 10.3. The maximum atomic E-state index is 11.0. The van der Waals surface area contributed by atoms with Gasteiger partial charge in [-0.15, -0.1) is 0 Å². The van der Waals surface area contributed by atoms with Crippen LogP contribution in [0.2, 0.25) is 0 Å². The number of anilines is 2. The van der Waals surface area contributed by atoms with E-state index in [1.165, 1.54) is 19.1 Å². The van der Waals surface area contributed by atoms with Crippen molar-refractivity contribution in [2.45, 2.75) is 6.10 Å². The van der Waals surface area contributed by atoms with Gasteiger partial charge in [0.25, 0.3) is 0 Å². The summed E-state index contributed by atoms with van der Waals surface area (Å²) < 4.78 is 15.6. The highest BCUT2D eigenvalue weighted by atomic mass is 16.5. The summed E-state index contributed by atoms with van der Waals surface area (Å²) in [7, 11) is 2.88. The summed E-state index contributed by atoms with van der Waals surface area (Å²) in [4.78, 5) is 20.5. The second-order valence-corrected chi connectivity index (χ2v) is 4.58. The summed E-state index contributed by atoms with van der Waals surface area (Å²) in [5.74, 6) is 0.663. The third kappa shape index (κ3) is 3.58. The zero-order chi connectivity index (χ0) is 16.1. The van der Waals surface area contributed by atoms with Gasteiger partial charge in [-0.3, -0.25) is 0 Å². The highest BCUT2D eigenvalue weighted by Crippen LogP contribution is 2.28. The molecule has 0 radical (unpaired) electrons. The van der Waals surface area contributed by atoms with Gasteiger partial charge in [-0.05, 0) is 0 Å². The van der Waals surface area contributed by atoms with E-state index in [4.69, 9.17) is 25.1 Å². The number of amides is 1. The molecule has 0 saturated carbocycles. The first kappa shape index (κ1) is 15.9. The number of methoxy groups -OCH3 is 2. The van der Waals surface area contributed by atoms with Crippen LogP contribution in [0.4, 0.5) is 16.4 Å². The fourth-order valence-electron chi connectivity index (χ4n) is 2.04. The molecule has 0 bridgehead atoms. The molecule has 1 saturated heterocycles. The molecule has 10 heteroatoms. The van der Waals surface area contributed by atoms with Gasteiger partial charge in [0, 0.05) is 13.1 Å². The van der Waals surface area contributed by atoms with Crippen molar-refractivity contribution in [2.24, 2.45) is 0 Å². The Labute approximate surface area is 127 Å². The quantitative estimate of drug-likeness (QED) is 0.679. The molecule has 0 aromatic carbocycles. The van der Waals surface area contributed by atoms with Crippen LogP contribution in [0.5, 0.6) is 11.8 Å². The molecule has 1 atom stereocenters. The Hall–Kier alpha value is -2.49. The van der Waals surface area contributed by atoms with Gasteiger partial charge < -0.3 is 35.3 Å². The zero-order valence-electron chi connectivity index (χ0n) is 12.4. The van der Waals surface area contributed by atoms with Crippen LogP contribution in [0.3, 0.4) is 0 Å². The Balaban J connectivity index is 2.00. The number of nitrogens with two attached hydrogens (primary N) is 1. The SMILES string of the molecule is COc1nc(NCC2CN(C(=O)O)CCO2)nc(OC)c1N. The van der Waals surface area contributed by atoms with E-state index in [0.29, 0.717) is 19.7 Å². The van der Waals surface area contributed by atoms with E-state index in [2.05, 4.69) is 15.3 Å². The minimum Gasteiger partial charge on any atom is -0.479 e. The molecule has 2 rings (SSSR count). The molecule has 1 unspecified atom stereocenters. The van der Waals surface area contributed by atoms with Gasteiger partial charge in [-0.1, -0.05) is 0 Å². The van der Waals surface area contributed by atoms with Gasteiger partial charge >= 0.3 is 6.09 Å². The third-order valence-corrected chi connectivity index (χ3v) is 3.16. The van der Waals surface area contributed by atoms with Gasteiger partial charge in [0.1, 0.15) is 0 Å². The second-order valence-electron chi connectivity index (χ2n) is 4.58. The largest absolute Gasteiger partial charge is 0.479 e. The first-order chi connectivity index (χ1) is 10.5. The molecule has 4 N–H and O–H groups in total. The van der Waals surface area contributed by atoms with E-state index >= 15 is 0 Å². The lowest BCUT2D eigenvalue weighted by molar-refractivity contribution is -0.0148. The average Bonchev–Trinajstić information content (AvgIpc) is 2.54. The predicted octanol–water partition coefficient (Wildman–Crippen LogP) is -0.133. The molecule has 22 heavy (non-hydrogen) atoms. The molecule has 0 spiro atoms. The van der Waals surface area contributed by atoms with Gasteiger partial charge in [0.15, 0.2) is 5.69 Å². The number of carbonyl (C=O) groups is 1. The Morgan fingerprint density at radius 3 is 2.64 bits per heavy atom. The van der Waals surface area contributed by atoms with Crippen molar-refractivity contribution in [1.29, 1.82) is 0 Å². The van der Waals surface area contributed by atoms with Crippen molar-refractivity contribution < 1.29 is 24.1 Å². The molecule has 1 aliphatic heterocycles. The number of nitrogens with one attached hydrogen (secondary N) is 1. The predicted molar refractivity (Wildman–Crippen MR) is 77.4 cm³/mol. The van der Waals surface area contributed by atoms with E-state index in [-0.39, 0.29) is 36.0 Å². The van der Waals surface area contributed by atoms with Gasteiger partial charge in [-0.25, -0.2) is 4.79 Å². The molecule has 1 aromatic rings. The maximum absolute atomic E-state index is 11.0. The maximum Gasteiger partial charge on any atom is 0.407 e. The van der Waals surface area contributed by atoms with Crippen LogP contribution < -0.4 is 20.5 Å². The first-order valence-electron chi connectivity index (χ1n) is 6.64. The molecule has 2 heterocycles. The van der Waals surface area contributed by atoms with E-state index in [1.807, 2.05) is 0 Å². The molecule has 10 nitrogen and oxygen atoms in total. The van der Waals surface area contributed by atoms with Crippen LogP contribution in [0.15, 0.2) is 0 Å². The van der Waals surface area contributed by atoms with E-state index in [9.17, 15) is 4.79 Å². The number of hydrogen-bond acceptors (Lipinski definition) is 8. The monoisotopic (exact) mass is 313 g/mol. The number of aromatic nitrogens is 2. The van der Waals surface area contributed by atoms with Crippen LogP contribution >= 0.6 is 0 Å². The molecule has 0 aliphatic carbocycles.